The largest absolute Gasteiger partial charge is 0.472 e. The Labute approximate surface area is 65.4 Å². The highest BCUT2D eigenvalue weighted by molar-refractivity contribution is 5.93. The Balaban J connectivity index is 2.43. The first-order chi connectivity index (χ1) is 5.34. The molecule has 0 aliphatic carbocycles. The zero-order chi connectivity index (χ0) is 8.10. The minimum atomic E-state index is -0.0689. The van der Waals surface area contributed by atoms with E-state index in [0.29, 0.717) is 12.1 Å². The predicted molar refractivity (Wildman–Crippen MR) is 41.3 cm³/mol. The summed E-state index contributed by atoms with van der Waals surface area (Å²) >= 11 is 0. The van der Waals surface area contributed by atoms with Crippen molar-refractivity contribution in [2.75, 3.05) is 6.54 Å². The average Bonchev–Trinajstić information content (AvgIpc) is 2.52. The molecule has 11 heavy (non-hydrogen) atoms. The fourth-order valence-electron chi connectivity index (χ4n) is 0.734. The second-order valence-corrected chi connectivity index (χ2v) is 2.27. The van der Waals surface area contributed by atoms with E-state index in [9.17, 15) is 4.79 Å². The van der Waals surface area contributed by atoms with Crippen LogP contribution >= 0.6 is 0 Å². The molecule has 0 saturated carbocycles. The topological polar surface area (TPSA) is 42.2 Å². The van der Waals surface area contributed by atoms with Gasteiger partial charge in [-0.25, -0.2) is 0 Å². The van der Waals surface area contributed by atoms with Crippen molar-refractivity contribution >= 4 is 5.91 Å². The lowest BCUT2D eigenvalue weighted by Gasteiger charge is -1.98. The zero-order valence-corrected chi connectivity index (χ0v) is 6.46. The summed E-state index contributed by atoms with van der Waals surface area (Å²) < 4.78 is 4.75. The van der Waals surface area contributed by atoms with Gasteiger partial charge in [0.25, 0.3) is 5.91 Å². The van der Waals surface area contributed by atoms with Crippen LogP contribution in [0.4, 0.5) is 0 Å². The van der Waals surface area contributed by atoms with Gasteiger partial charge < -0.3 is 9.73 Å². The standard InChI is InChI=1S/C8H11NO2/c1-2-4-9-8(10)7-3-5-11-6-7/h3,5-6H,2,4H2,1H3,(H,9,10). The molecule has 0 radical (unpaired) electrons. The van der Waals surface area contributed by atoms with Crippen molar-refractivity contribution in [3.05, 3.63) is 24.2 Å². The molecule has 0 saturated heterocycles. The Morgan fingerprint density at radius 3 is 3.09 bits per heavy atom. The second-order valence-electron chi connectivity index (χ2n) is 2.27. The first-order valence-corrected chi connectivity index (χ1v) is 3.65. The minimum Gasteiger partial charge on any atom is -0.472 e. The van der Waals surface area contributed by atoms with Crippen molar-refractivity contribution in [3.8, 4) is 0 Å². The number of hydrogen-bond donors (Lipinski definition) is 1. The maximum atomic E-state index is 11.1. The van der Waals surface area contributed by atoms with E-state index in [1.54, 1.807) is 6.07 Å². The van der Waals surface area contributed by atoms with E-state index in [4.69, 9.17) is 4.42 Å². The van der Waals surface area contributed by atoms with E-state index >= 15 is 0 Å². The molecule has 0 bridgehead atoms. The summed E-state index contributed by atoms with van der Waals surface area (Å²) in [5.74, 6) is -0.0689. The highest BCUT2D eigenvalue weighted by Crippen LogP contribution is 1.98. The SMILES string of the molecule is CCCNC(=O)c1ccoc1. The minimum absolute atomic E-state index is 0.0689. The quantitative estimate of drug-likeness (QED) is 0.713. The Kier molecular flexibility index (Phi) is 2.72. The third-order valence-corrected chi connectivity index (χ3v) is 1.32. The van der Waals surface area contributed by atoms with Crippen LogP contribution in [0.25, 0.3) is 0 Å². The van der Waals surface area contributed by atoms with Crippen LogP contribution in [-0.2, 0) is 0 Å². The van der Waals surface area contributed by atoms with Gasteiger partial charge in [0.15, 0.2) is 0 Å². The number of nitrogens with one attached hydrogen (secondary N) is 1. The monoisotopic (exact) mass is 153 g/mol. The van der Waals surface area contributed by atoms with Gasteiger partial charge >= 0.3 is 0 Å². The summed E-state index contributed by atoms with van der Waals surface area (Å²) in [7, 11) is 0. The van der Waals surface area contributed by atoms with Crippen molar-refractivity contribution in [1.82, 2.24) is 5.32 Å². The Hall–Kier alpha value is -1.25. The first-order valence-electron chi connectivity index (χ1n) is 3.65. The van der Waals surface area contributed by atoms with Gasteiger partial charge in [0.2, 0.25) is 0 Å². The molecule has 1 heterocycles. The van der Waals surface area contributed by atoms with Crippen molar-refractivity contribution in [2.24, 2.45) is 0 Å². The maximum Gasteiger partial charge on any atom is 0.254 e. The molecular weight excluding hydrogens is 142 g/mol. The number of furan rings is 1. The molecule has 3 nitrogen and oxygen atoms in total. The lowest BCUT2D eigenvalue weighted by atomic mass is 10.3. The van der Waals surface area contributed by atoms with E-state index in [1.165, 1.54) is 12.5 Å². The van der Waals surface area contributed by atoms with Gasteiger partial charge in [-0.3, -0.25) is 4.79 Å². The Bertz CT molecular complexity index is 216. The summed E-state index contributed by atoms with van der Waals surface area (Å²) in [4.78, 5) is 11.1. The molecule has 60 valence electrons. The molecule has 1 aromatic rings. The van der Waals surface area contributed by atoms with Crippen LogP contribution in [0.15, 0.2) is 23.0 Å². The predicted octanol–water partition coefficient (Wildman–Crippen LogP) is 1.42. The third kappa shape index (κ3) is 2.11. The van der Waals surface area contributed by atoms with Gasteiger partial charge in [0.1, 0.15) is 6.26 Å². The highest BCUT2D eigenvalue weighted by atomic mass is 16.3. The molecule has 1 amide bonds. The van der Waals surface area contributed by atoms with Gasteiger partial charge in [-0.2, -0.15) is 0 Å². The van der Waals surface area contributed by atoms with Gasteiger partial charge in [0, 0.05) is 6.54 Å². The molecular formula is C8H11NO2. The molecule has 3 heteroatoms. The van der Waals surface area contributed by atoms with Crippen LogP contribution in [0.3, 0.4) is 0 Å². The molecule has 0 fully saturated rings. The van der Waals surface area contributed by atoms with Gasteiger partial charge in [-0.15, -0.1) is 0 Å². The third-order valence-electron chi connectivity index (χ3n) is 1.32. The zero-order valence-electron chi connectivity index (χ0n) is 6.46. The van der Waals surface area contributed by atoms with Gasteiger partial charge in [0.05, 0.1) is 11.8 Å². The van der Waals surface area contributed by atoms with Crippen molar-refractivity contribution < 1.29 is 9.21 Å². The van der Waals surface area contributed by atoms with Crippen LogP contribution < -0.4 is 5.32 Å². The van der Waals surface area contributed by atoms with Crippen LogP contribution in [-0.4, -0.2) is 12.5 Å². The molecule has 0 unspecified atom stereocenters. The Morgan fingerprint density at radius 1 is 1.73 bits per heavy atom. The number of rotatable bonds is 3. The summed E-state index contributed by atoms with van der Waals surface area (Å²) in [5.41, 5.74) is 0.582. The number of amides is 1. The molecule has 0 aromatic carbocycles. The molecule has 0 aliphatic rings. The van der Waals surface area contributed by atoms with Crippen LogP contribution in [0.5, 0.6) is 0 Å². The molecule has 0 atom stereocenters. The number of carbonyl (C=O) groups excluding carboxylic acids is 1. The van der Waals surface area contributed by atoms with E-state index in [1.807, 2.05) is 6.92 Å². The fraction of sp³-hybridized carbons (Fsp3) is 0.375. The molecule has 1 rings (SSSR count). The lowest BCUT2D eigenvalue weighted by Crippen LogP contribution is -2.23. The summed E-state index contributed by atoms with van der Waals surface area (Å²) in [6.45, 7) is 2.72. The normalized spacial score (nSPS) is 9.55. The summed E-state index contributed by atoms with van der Waals surface area (Å²) in [6.07, 6.45) is 3.87. The number of hydrogen-bond acceptors (Lipinski definition) is 2. The fourth-order valence-corrected chi connectivity index (χ4v) is 0.734. The highest BCUT2D eigenvalue weighted by Gasteiger charge is 2.03. The van der Waals surface area contributed by atoms with Crippen molar-refractivity contribution in [2.45, 2.75) is 13.3 Å². The van der Waals surface area contributed by atoms with Crippen LogP contribution in [0.2, 0.25) is 0 Å². The maximum absolute atomic E-state index is 11.1. The van der Waals surface area contributed by atoms with Gasteiger partial charge in [-0.1, -0.05) is 6.92 Å². The number of carbonyl (C=O) groups is 1. The van der Waals surface area contributed by atoms with E-state index < -0.39 is 0 Å². The van der Waals surface area contributed by atoms with E-state index in [2.05, 4.69) is 5.32 Å². The Morgan fingerprint density at radius 2 is 2.55 bits per heavy atom. The lowest BCUT2D eigenvalue weighted by molar-refractivity contribution is 0.0953. The summed E-state index contributed by atoms with van der Waals surface area (Å²) in [6, 6.07) is 1.64. The van der Waals surface area contributed by atoms with Crippen molar-refractivity contribution in [1.29, 1.82) is 0 Å². The molecule has 1 aromatic heterocycles. The van der Waals surface area contributed by atoms with Crippen LogP contribution in [0.1, 0.15) is 23.7 Å². The molecule has 0 aliphatic heterocycles. The first kappa shape index (κ1) is 7.85. The van der Waals surface area contributed by atoms with Gasteiger partial charge in [-0.05, 0) is 12.5 Å². The smallest absolute Gasteiger partial charge is 0.254 e. The van der Waals surface area contributed by atoms with E-state index in [-0.39, 0.29) is 5.91 Å². The second kappa shape index (κ2) is 3.81. The summed E-state index contributed by atoms with van der Waals surface area (Å²) in [5, 5.41) is 2.74. The van der Waals surface area contributed by atoms with E-state index in [0.717, 1.165) is 6.42 Å². The van der Waals surface area contributed by atoms with Crippen molar-refractivity contribution in [3.63, 3.8) is 0 Å². The molecule has 1 N–H and O–H groups in total. The molecule has 0 spiro atoms. The van der Waals surface area contributed by atoms with Crippen LogP contribution in [0, 0.1) is 0 Å². The average molecular weight is 153 g/mol.